The maximum Gasteiger partial charge on any atom is 0.311 e. The minimum absolute atomic E-state index is 0.227. The number of hydrogen-bond acceptors (Lipinski definition) is 3. The van der Waals surface area contributed by atoms with E-state index >= 15 is 0 Å². The van der Waals surface area contributed by atoms with Crippen LogP contribution in [0.4, 0.5) is 0 Å². The van der Waals surface area contributed by atoms with E-state index < -0.39 is 0 Å². The van der Waals surface area contributed by atoms with Crippen LogP contribution in [0.3, 0.4) is 0 Å². The Morgan fingerprint density at radius 2 is 2.38 bits per heavy atom. The summed E-state index contributed by atoms with van der Waals surface area (Å²) in [5, 5.41) is 0. The molecule has 0 fully saturated rings. The summed E-state index contributed by atoms with van der Waals surface area (Å²) in [6, 6.07) is 1.86. The first kappa shape index (κ1) is 10.2. The van der Waals surface area contributed by atoms with Gasteiger partial charge in [0.25, 0.3) is 0 Å². The van der Waals surface area contributed by atoms with Gasteiger partial charge in [-0.2, -0.15) is 0 Å². The molecule has 0 aliphatic carbocycles. The average Bonchev–Trinajstić information content (AvgIpc) is 2.11. The molecule has 0 unspecified atom stereocenters. The summed E-state index contributed by atoms with van der Waals surface area (Å²) in [6.07, 6.45) is 1.91. The Labute approximate surface area is 85.3 Å². The number of ether oxygens (including phenoxy) is 1. The zero-order valence-electron chi connectivity index (χ0n) is 7.50. The molecule has 1 aromatic heterocycles. The maximum atomic E-state index is 10.9. The largest absolute Gasteiger partial charge is 0.469 e. The van der Waals surface area contributed by atoms with Gasteiger partial charge in [0.2, 0.25) is 0 Å². The molecule has 0 saturated heterocycles. The monoisotopic (exact) mass is 243 g/mol. The van der Waals surface area contributed by atoms with Gasteiger partial charge in [-0.1, -0.05) is 0 Å². The number of carbonyl (C=O) groups excluding carboxylic acids is 1. The van der Waals surface area contributed by atoms with Crippen LogP contribution < -0.4 is 0 Å². The average molecular weight is 244 g/mol. The van der Waals surface area contributed by atoms with Gasteiger partial charge >= 0.3 is 5.97 Å². The molecule has 0 aliphatic rings. The van der Waals surface area contributed by atoms with E-state index in [1.807, 2.05) is 13.0 Å². The molecule has 0 saturated carbocycles. The van der Waals surface area contributed by atoms with Gasteiger partial charge < -0.3 is 4.74 Å². The SMILES string of the molecule is COC(=O)Cc1cc(C)c(Br)cn1. The summed E-state index contributed by atoms with van der Waals surface area (Å²) in [6.45, 7) is 1.95. The van der Waals surface area contributed by atoms with Crippen molar-refractivity contribution in [2.45, 2.75) is 13.3 Å². The highest BCUT2D eigenvalue weighted by Crippen LogP contribution is 2.14. The fourth-order valence-electron chi connectivity index (χ4n) is 0.914. The molecule has 70 valence electrons. The molecule has 0 N–H and O–H groups in total. The van der Waals surface area contributed by atoms with Crippen LogP contribution in [-0.2, 0) is 16.0 Å². The van der Waals surface area contributed by atoms with E-state index in [4.69, 9.17) is 0 Å². The van der Waals surface area contributed by atoms with Gasteiger partial charge in [-0.3, -0.25) is 9.78 Å². The first-order chi connectivity index (χ1) is 6.13. The van der Waals surface area contributed by atoms with Crippen molar-refractivity contribution in [2.75, 3.05) is 7.11 Å². The number of aromatic nitrogens is 1. The van der Waals surface area contributed by atoms with Gasteiger partial charge in [-0.05, 0) is 34.5 Å². The molecule has 13 heavy (non-hydrogen) atoms. The standard InChI is InChI=1S/C9H10BrNO2/c1-6-3-7(4-9(12)13-2)11-5-8(6)10/h3,5H,4H2,1-2H3. The van der Waals surface area contributed by atoms with Crippen molar-refractivity contribution in [2.24, 2.45) is 0 Å². The summed E-state index contributed by atoms with van der Waals surface area (Å²) in [7, 11) is 1.37. The van der Waals surface area contributed by atoms with Crippen molar-refractivity contribution in [1.82, 2.24) is 4.98 Å². The molecule has 0 aliphatic heterocycles. The van der Waals surface area contributed by atoms with Crippen LogP contribution in [0, 0.1) is 6.92 Å². The number of hydrogen-bond donors (Lipinski definition) is 0. The zero-order valence-corrected chi connectivity index (χ0v) is 9.09. The summed E-state index contributed by atoms with van der Waals surface area (Å²) < 4.78 is 5.48. The van der Waals surface area contributed by atoms with Crippen LogP contribution in [0.1, 0.15) is 11.3 Å². The van der Waals surface area contributed by atoms with E-state index in [0.717, 1.165) is 15.7 Å². The van der Waals surface area contributed by atoms with Crippen molar-refractivity contribution < 1.29 is 9.53 Å². The minimum Gasteiger partial charge on any atom is -0.469 e. The number of methoxy groups -OCH3 is 1. The topological polar surface area (TPSA) is 39.2 Å². The van der Waals surface area contributed by atoms with Crippen molar-refractivity contribution in [3.05, 3.63) is 28.0 Å². The lowest BCUT2D eigenvalue weighted by Gasteiger charge is -2.01. The predicted molar refractivity (Wildman–Crippen MR) is 52.4 cm³/mol. The lowest BCUT2D eigenvalue weighted by atomic mass is 10.2. The number of carbonyl (C=O) groups is 1. The molecule has 1 rings (SSSR count). The zero-order chi connectivity index (χ0) is 9.84. The molecular weight excluding hydrogens is 234 g/mol. The fraction of sp³-hybridized carbons (Fsp3) is 0.333. The number of aryl methyl sites for hydroxylation is 1. The van der Waals surface area contributed by atoms with Gasteiger partial charge in [0.1, 0.15) is 0 Å². The third-order valence-corrected chi connectivity index (χ3v) is 2.49. The second-order valence-corrected chi connectivity index (χ2v) is 3.53. The second-order valence-electron chi connectivity index (χ2n) is 2.68. The minimum atomic E-state index is -0.269. The Bertz CT molecular complexity index is 325. The number of halogens is 1. The van der Waals surface area contributed by atoms with Crippen LogP contribution in [0.5, 0.6) is 0 Å². The molecule has 0 atom stereocenters. The molecule has 0 spiro atoms. The lowest BCUT2D eigenvalue weighted by molar-refractivity contribution is -0.139. The molecule has 1 heterocycles. The lowest BCUT2D eigenvalue weighted by Crippen LogP contribution is -2.06. The van der Waals surface area contributed by atoms with Crippen molar-refractivity contribution >= 4 is 21.9 Å². The molecule has 0 aromatic carbocycles. The van der Waals surface area contributed by atoms with E-state index in [-0.39, 0.29) is 12.4 Å². The Hall–Kier alpha value is -0.900. The second kappa shape index (κ2) is 4.37. The van der Waals surface area contributed by atoms with Crippen molar-refractivity contribution in [3.63, 3.8) is 0 Å². The summed E-state index contributed by atoms with van der Waals surface area (Å²) in [5.41, 5.74) is 1.79. The first-order valence-electron chi connectivity index (χ1n) is 3.81. The van der Waals surface area contributed by atoms with Gasteiger partial charge in [0.15, 0.2) is 0 Å². The Balaban J connectivity index is 2.79. The van der Waals surface area contributed by atoms with Crippen molar-refractivity contribution in [1.29, 1.82) is 0 Å². The van der Waals surface area contributed by atoms with Crippen molar-refractivity contribution in [3.8, 4) is 0 Å². The van der Waals surface area contributed by atoms with E-state index in [1.54, 1.807) is 6.20 Å². The van der Waals surface area contributed by atoms with E-state index in [9.17, 15) is 4.79 Å². The summed E-state index contributed by atoms with van der Waals surface area (Å²) >= 11 is 3.33. The normalized spacial score (nSPS) is 9.77. The third kappa shape index (κ3) is 2.81. The molecular formula is C9H10BrNO2. The molecule has 4 heteroatoms. The van der Waals surface area contributed by atoms with Gasteiger partial charge in [0.05, 0.1) is 19.2 Å². The quantitative estimate of drug-likeness (QED) is 0.745. The number of nitrogens with zero attached hydrogens (tertiary/aromatic N) is 1. The Kier molecular flexibility index (Phi) is 3.42. The third-order valence-electron chi connectivity index (χ3n) is 1.66. The highest BCUT2D eigenvalue weighted by atomic mass is 79.9. The molecule has 3 nitrogen and oxygen atoms in total. The molecule has 0 radical (unpaired) electrons. The van der Waals surface area contributed by atoms with E-state index in [1.165, 1.54) is 7.11 Å². The highest BCUT2D eigenvalue weighted by Gasteiger charge is 2.05. The van der Waals surface area contributed by atoms with Crippen LogP contribution in [-0.4, -0.2) is 18.1 Å². The Morgan fingerprint density at radius 1 is 1.69 bits per heavy atom. The predicted octanol–water partition coefficient (Wildman–Crippen LogP) is 1.87. The summed E-state index contributed by atoms with van der Waals surface area (Å²) in [4.78, 5) is 15.0. The molecule has 1 aromatic rings. The van der Waals surface area contributed by atoms with Gasteiger partial charge in [-0.15, -0.1) is 0 Å². The molecule has 0 amide bonds. The molecule has 0 bridgehead atoms. The Morgan fingerprint density at radius 3 is 2.92 bits per heavy atom. The fourth-order valence-corrected chi connectivity index (χ4v) is 1.13. The van der Waals surface area contributed by atoms with Crippen LogP contribution >= 0.6 is 15.9 Å². The van der Waals surface area contributed by atoms with Crippen LogP contribution in [0.25, 0.3) is 0 Å². The van der Waals surface area contributed by atoms with Gasteiger partial charge in [-0.25, -0.2) is 0 Å². The summed E-state index contributed by atoms with van der Waals surface area (Å²) in [5.74, 6) is -0.269. The number of rotatable bonds is 2. The van der Waals surface area contributed by atoms with E-state index in [2.05, 4.69) is 25.7 Å². The smallest absolute Gasteiger partial charge is 0.311 e. The van der Waals surface area contributed by atoms with Gasteiger partial charge in [0, 0.05) is 10.7 Å². The van der Waals surface area contributed by atoms with Crippen LogP contribution in [0.2, 0.25) is 0 Å². The van der Waals surface area contributed by atoms with E-state index in [0.29, 0.717) is 0 Å². The van der Waals surface area contributed by atoms with Crippen LogP contribution in [0.15, 0.2) is 16.7 Å². The number of pyridine rings is 1. The first-order valence-corrected chi connectivity index (χ1v) is 4.60. The number of esters is 1. The maximum absolute atomic E-state index is 10.9. The highest BCUT2D eigenvalue weighted by molar-refractivity contribution is 9.10.